The van der Waals surface area contributed by atoms with Gasteiger partial charge in [0.1, 0.15) is 16.5 Å². The van der Waals surface area contributed by atoms with Gasteiger partial charge in [-0.1, -0.05) is 11.6 Å². The van der Waals surface area contributed by atoms with E-state index in [9.17, 15) is 5.11 Å². The van der Waals surface area contributed by atoms with Gasteiger partial charge in [-0.05, 0) is 19.1 Å². The average Bonchev–Trinajstić information content (AvgIpc) is 2.67. The van der Waals surface area contributed by atoms with E-state index in [1.807, 2.05) is 17.6 Å². The SMILES string of the molecule is Cc1nc2ccc(Cl)nc2n1CC1(O)CCOCC1. The van der Waals surface area contributed by atoms with E-state index < -0.39 is 5.60 Å². The zero-order valence-electron chi connectivity index (χ0n) is 10.8. The van der Waals surface area contributed by atoms with Crippen LogP contribution >= 0.6 is 11.6 Å². The fourth-order valence-corrected chi connectivity index (χ4v) is 2.63. The Bertz CT molecular complexity index is 605. The summed E-state index contributed by atoms with van der Waals surface area (Å²) in [5, 5.41) is 11.0. The molecule has 2 aromatic rings. The Morgan fingerprint density at radius 3 is 2.84 bits per heavy atom. The van der Waals surface area contributed by atoms with E-state index in [1.165, 1.54) is 0 Å². The number of nitrogens with zero attached hydrogens (tertiary/aromatic N) is 3. The van der Waals surface area contributed by atoms with Crippen LogP contribution in [0.3, 0.4) is 0 Å². The molecule has 6 heteroatoms. The number of ether oxygens (including phenoxy) is 1. The molecule has 0 spiro atoms. The van der Waals surface area contributed by atoms with Crippen molar-refractivity contribution in [1.82, 2.24) is 14.5 Å². The number of aliphatic hydroxyl groups is 1. The second kappa shape index (κ2) is 4.74. The molecule has 5 nitrogen and oxygen atoms in total. The summed E-state index contributed by atoms with van der Waals surface area (Å²) in [4.78, 5) is 8.77. The van der Waals surface area contributed by atoms with E-state index in [2.05, 4.69) is 9.97 Å². The number of imidazole rings is 1. The lowest BCUT2D eigenvalue weighted by atomic mass is 9.94. The van der Waals surface area contributed by atoms with E-state index in [0.29, 0.717) is 37.8 Å². The first kappa shape index (κ1) is 12.8. The molecule has 1 fully saturated rings. The fraction of sp³-hybridized carbons (Fsp3) is 0.538. The molecule has 0 unspecified atom stereocenters. The van der Waals surface area contributed by atoms with Crippen LogP contribution in [0.1, 0.15) is 18.7 Å². The smallest absolute Gasteiger partial charge is 0.161 e. The van der Waals surface area contributed by atoms with Gasteiger partial charge in [0.2, 0.25) is 0 Å². The number of hydrogen-bond donors (Lipinski definition) is 1. The van der Waals surface area contributed by atoms with Gasteiger partial charge in [-0.2, -0.15) is 0 Å². The van der Waals surface area contributed by atoms with Crippen molar-refractivity contribution in [3.05, 3.63) is 23.1 Å². The summed E-state index contributed by atoms with van der Waals surface area (Å²) in [6.07, 6.45) is 1.26. The van der Waals surface area contributed by atoms with Crippen molar-refractivity contribution in [2.75, 3.05) is 13.2 Å². The first-order chi connectivity index (χ1) is 9.07. The van der Waals surface area contributed by atoms with Crippen molar-refractivity contribution in [1.29, 1.82) is 0 Å². The van der Waals surface area contributed by atoms with Crippen LogP contribution < -0.4 is 0 Å². The molecule has 0 atom stereocenters. The van der Waals surface area contributed by atoms with Gasteiger partial charge in [0.25, 0.3) is 0 Å². The molecule has 1 N–H and O–H groups in total. The molecular formula is C13H16ClN3O2. The second-order valence-corrected chi connectivity index (χ2v) is 5.45. The van der Waals surface area contributed by atoms with Crippen molar-refractivity contribution in [3.8, 4) is 0 Å². The Hall–Kier alpha value is -1.17. The Morgan fingerprint density at radius 2 is 2.11 bits per heavy atom. The third-order valence-electron chi connectivity index (χ3n) is 3.63. The Labute approximate surface area is 116 Å². The molecule has 0 amide bonds. The van der Waals surface area contributed by atoms with Gasteiger partial charge in [0.05, 0.1) is 12.1 Å². The summed E-state index contributed by atoms with van der Waals surface area (Å²) >= 11 is 5.94. The van der Waals surface area contributed by atoms with Crippen LogP contribution in [-0.4, -0.2) is 38.5 Å². The first-order valence-corrected chi connectivity index (χ1v) is 6.75. The lowest BCUT2D eigenvalue weighted by Gasteiger charge is -2.32. The molecular weight excluding hydrogens is 266 g/mol. The van der Waals surface area contributed by atoms with Crippen LogP contribution in [0, 0.1) is 6.92 Å². The number of fused-ring (bicyclic) bond motifs is 1. The molecule has 0 bridgehead atoms. The number of pyridine rings is 1. The standard InChI is InChI=1S/C13H16ClN3O2/c1-9-15-10-2-3-11(14)16-12(10)17(9)8-13(18)4-6-19-7-5-13/h2-3,18H,4-8H2,1H3. The van der Waals surface area contributed by atoms with Crippen molar-refractivity contribution < 1.29 is 9.84 Å². The average molecular weight is 282 g/mol. The summed E-state index contributed by atoms with van der Waals surface area (Å²) in [7, 11) is 0. The molecule has 1 aliphatic rings. The quantitative estimate of drug-likeness (QED) is 0.855. The predicted octanol–water partition coefficient (Wildman–Crippen LogP) is 1.93. The number of aromatic nitrogens is 3. The normalized spacial score (nSPS) is 18.9. The Kier molecular flexibility index (Phi) is 3.20. The molecule has 0 aromatic carbocycles. The van der Waals surface area contributed by atoms with E-state index in [1.54, 1.807) is 6.07 Å². The third-order valence-corrected chi connectivity index (χ3v) is 3.84. The second-order valence-electron chi connectivity index (χ2n) is 5.06. The van der Waals surface area contributed by atoms with Crippen molar-refractivity contribution in [2.24, 2.45) is 0 Å². The third kappa shape index (κ3) is 2.45. The molecule has 19 heavy (non-hydrogen) atoms. The lowest BCUT2D eigenvalue weighted by molar-refractivity contribution is -0.0725. The maximum absolute atomic E-state index is 10.6. The highest BCUT2D eigenvalue weighted by Crippen LogP contribution is 2.25. The van der Waals surface area contributed by atoms with Gasteiger partial charge in [-0.3, -0.25) is 0 Å². The van der Waals surface area contributed by atoms with Gasteiger partial charge >= 0.3 is 0 Å². The van der Waals surface area contributed by atoms with Crippen molar-refractivity contribution >= 4 is 22.8 Å². The highest BCUT2D eigenvalue weighted by Gasteiger charge is 2.31. The minimum absolute atomic E-state index is 0.438. The van der Waals surface area contributed by atoms with Gasteiger partial charge in [-0.15, -0.1) is 0 Å². The summed E-state index contributed by atoms with van der Waals surface area (Å²) in [6, 6.07) is 3.58. The van der Waals surface area contributed by atoms with Crippen molar-refractivity contribution in [2.45, 2.75) is 31.9 Å². The molecule has 3 rings (SSSR count). The van der Waals surface area contributed by atoms with E-state index in [0.717, 1.165) is 17.0 Å². The molecule has 0 aliphatic carbocycles. The first-order valence-electron chi connectivity index (χ1n) is 6.37. The van der Waals surface area contributed by atoms with Crippen molar-refractivity contribution in [3.63, 3.8) is 0 Å². The van der Waals surface area contributed by atoms with Crippen LogP contribution in [0.2, 0.25) is 5.15 Å². The number of halogens is 1. The maximum Gasteiger partial charge on any atom is 0.161 e. The molecule has 1 aliphatic heterocycles. The maximum atomic E-state index is 10.6. The van der Waals surface area contributed by atoms with Crippen LogP contribution in [0.5, 0.6) is 0 Å². The van der Waals surface area contributed by atoms with E-state index >= 15 is 0 Å². The predicted molar refractivity (Wildman–Crippen MR) is 72.3 cm³/mol. The molecule has 1 saturated heterocycles. The van der Waals surface area contributed by atoms with Crippen LogP contribution in [0.4, 0.5) is 0 Å². The highest BCUT2D eigenvalue weighted by molar-refractivity contribution is 6.29. The Morgan fingerprint density at radius 1 is 1.37 bits per heavy atom. The largest absolute Gasteiger partial charge is 0.388 e. The zero-order chi connectivity index (χ0) is 13.5. The van der Waals surface area contributed by atoms with Gasteiger partial charge in [0, 0.05) is 26.1 Å². The molecule has 3 heterocycles. The van der Waals surface area contributed by atoms with E-state index in [-0.39, 0.29) is 0 Å². The highest BCUT2D eigenvalue weighted by atomic mass is 35.5. The van der Waals surface area contributed by atoms with Gasteiger partial charge < -0.3 is 14.4 Å². The van der Waals surface area contributed by atoms with E-state index in [4.69, 9.17) is 16.3 Å². The Balaban J connectivity index is 1.99. The summed E-state index contributed by atoms with van der Waals surface area (Å²) in [6.45, 7) is 3.58. The van der Waals surface area contributed by atoms with Crippen LogP contribution in [0.15, 0.2) is 12.1 Å². The minimum Gasteiger partial charge on any atom is -0.388 e. The molecule has 102 valence electrons. The summed E-state index contributed by atoms with van der Waals surface area (Å²) < 4.78 is 7.24. The summed E-state index contributed by atoms with van der Waals surface area (Å²) in [5.41, 5.74) is 0.781. The number of hydrogen-bond acceptors (Lipinski definition) is 4. The van der Waals surface area contributed by atoms with Gasteiger partial charge in [-0.25, -0.2) is 9.97 Å². The summed E-state index contributed by atoms with van der Waals surface area (Å²) in [5.74, 6) is 0.838. The minimum atomic E-state index is -0.749. The monoisotopic (exact) mass is 281 g/mol. The molecule has 0 radical (unpaired) electrons. The number of rotatable bonds is 2. The topological polar surface area (TPSA) is 60.2 Å². The molecule has 2 aromatic heterocycles. The van der Waals surface area contributed by atoms with Gasteiger partial charge in [0.15, 0.2) is 5.65 Å². The zero-order valence-corrected chi connectivity index (χ0v) is 11.5. The van der Waals surface area contributed by atoms with Crippen LogP contribution in [0.25, 0.3) is 11.2 Å². The van der Waals surface area contributed by atoms with Crippen LogP contribution in [-0.2, 0) is 11.3 Å². The fourth-order valence-electron chi connectivity index (χ4n) is 2.48. The number of aryl methyl sites for hydroxylation is 1. The molecule has 0 saturated carbocycles. The lowest BCUT2D eigenvalue weighted by Crippen LogP contribution is -2.40.